The maximum atomic E-state index is 13.6. The van der Waals surface area contributed by atoms with E-state index < -0.39 is 116 Å². The molecule has 61 heavy (non-hydrogen) atoms. The van der Waals surface area contributed by atoms with Crippen molar-refractivity contribution in [2.24, 2.45) is 5.92 Å². The van der Waals surface area contributed by atoms with E-state index in [2.05, 4.69) is 16.0 Å². The van der Waals surface area contributed by atoms with Crippen LogP contribution in [0.25, 0.3) is 0 Å². The zero-order valence-corrected chi connectivity index (χ0v) is 35.8. The van der Waals surface area contributed by atoms with Crippen LogP contribution in [0.1, 0.15) is 72.6 Å². The van der Waals surface area contributed by atoms with Crippen LogP contribution < -0.4 is 16.0 Å². The Morgan fingerprint density at radius 2 is 1.64 bits per heavy atom. The van der Waals surface area contributed by atoms with Crippen molar-refractivity contribution in [2.45, 2.75) is 109 Å². The van der Waals surface area contributed by atoms with Crippen LogP contribution in [-0.2, 0) is 66.9 Å². The Morgan fingerprint density at radius 3 is 2.26 bits per heavy atom. The molecule has 0 aromatic rings. The van der Waals surface area contributed by atoms with E-state index in [0.29, 0.717) is 38.8 Å². The third-order valence-electron chi connectivity index (χ3n) is 10.5. The zero-order chi connectivity index (χ0) is 45.4. The molecular weight excluding hydrogens is 806 g/mol. The summed E-state index contributed by atoms with van der Waals surface area (Å²) in [4.78, 5) is 132. The summed E-state index contributed by atoms with van der Waals surface area (Å²) < 4.78 is 21.4. The second kappa shape index (κ2) is 23.7. The highest BCUT2D eigenvalue weighted by molar-refractivity contribution is 6.03. The van der Waals surface area contributed by atoms with E-state index in [9.17, 15) is 53.1 Å². The topological polar surface area (TPSA) is 277 Å². The summed E-state index contributed by atoms with van der Waals surface area (Å²) in [6.07, 6.45) is 0.920. The number of carbonyl (C=O) groups excluding carboxylic acids is 10. The molecule has 0 aromatic carbocycles. The SMILES string of the molecule is CCCC(NC(=O)C(COC(=O)CN(C)C=O)NC(=O)CN(C)C(=O)C1CCCN1C(=O)C1(C)OCC(C)O1)C(O)CC(=O)OCC(=O)C(C)C(=O)NCC(=O)N1CCCC1. The third-order valence-corrected chi connectivity index (χ3v) is 10.5. The Kier molecular flexibility index (Phi) is 19.5. The number of amides is 7. The zero-order valence-electron chi connectivity index (χ0n) is 35.8. The molecule has 22 nitrogen and oxygen atoms in total. The van der Waals surface area contributed by atoms with Crippen molar-refractivity contribution in [3.8, 4) is 0 Å². The molecule has 3 aliphatic rings. The largest absolute Gasteiger partial charge is 0.462 e. The lowest BCUT2D eigenvalue weighted by Gasteiger charge is -2.33. The Labute approximate surface area is 354 Å². The lowest BCUT2D eigenvalue weighted by Crippen LogP contribution is -2.57. The summed E-state index contributed by atoms with van der Waals surface area (Å²) in [5, 5.41) is 18.4. The molecule has 0 spiro atoms. The number of aliphatic hydroxyl groups is 1. The van der Waals surface area contributed by atoms with Crippen molar-refractivity contribution in [3.63, 3.8) is 0 Å². The Balaban J connectivity index is 1.59. The quantitative estimate of drug-likeness (QED) is 0.0460. The van der Waals surface area contributed by atoms with Crippen LogP contribution in [0.15, 0.2) is 0 Å². The van der Waals surface area contributed by atoms with Gasteiger partial charge >= 0.3 is 11.9 Å². The molecule has 0 aliphatic carbocycles. The highest BCUT2D eigenvalue weighted by Crippen LogP contribution is 2.30. The first-order chi connectivity index (χ1) is 28.8. The number of ether oxygens (including phenoxy) is 4. The van der Waals surface area contributed by atoms with Crippen LogP contribution in [0.3, 0.4) is 0 Å². The number of nitrogens with zero attached hydrogens (tertiary/aromatic N) is 4. The molecule has 3 saturated heterocycles. The molecule has 22 heteroatoms. The van der Waals surface area contributed by atoms with E-state index >= 15 is 0 Å². The van der Waals surface area contributed by atoms with Gasteiger partial charge in [0.25, 0.3) is 5.91 Å². The number of ketones is 1. The summed E-state index contributed by atoms with van der Waals surface area (Å²) in [7, 11) is 2.66. The summed E-state index contributed by atoms with van der Waals surface area (Å²) in [5.41, 5.74) is 0. The summed E-state index contributed by atoms with van der Waals surface area (Å²) in [5.74, 6) is -9.34. The highest BCUT2D eigenvalue weighted by atomic mass is 16.7. The predicted molar refractivity (Wildman–Crippen MR) is 210 cm³/mol. The third kappa shape index (κ3) is 15.0. The molecule has 7 atom stereocenters. The van der Waals surface area contributed by atoms with Gasteiger partial charge in [-0.1, -0.05) is 13.3 Å². The number of likely N-dealkylation sites (N-methyl/N-ethyl adjacent to an activating group) is 2. The van der Waals surface area contributed by atoms with Gasteiger partial charge in [-0.05, 0) is 52.9 Å². The minimum atomic E-state index is -1.58. The molecule has 0 bridgehead atoms. The van der Waals surface area contributed by atoms with E-state index in [1.165, 1.54) is 32.8 Å². The Hall–Kier alpha value is -5.22. The first kappa shape index (κ1) is 50.1. The van der Waals surface area contributed by atoms with Gasteiger partial charge < -0.3 is 59.6 Å². The average Bonchev–Trinajstić information content (AvgIpc) is 4.01. The minimum absolute atomic E-state index is 0.124. The maximum absolute atomic E-state index is 13.6. The van der Waals surface area contributed by atoms with Gasteiger partial charge in [0.05, 0.1) is 50.3 Å². The molecule has 4 N–H and O–H groups in total. The molecule has 342 valence electrons. The van der Waals surface area contributed by atoms with Crippen molar-refractivity contribution >= 4 is 59.6 Å². The van der Waals surface area contributed by atoms with Crippen LogP contribution >= 0.6 is 0 Å². The van der Waals surface area contributed by atoms with Crippen LogP contribution in [0.2, 0.25) is 0 Å². The number of hydrogen-bond donors (Lipinski definition) is 4. The molecule has 3 rings (SSSR count). The summed E-state index contributed by atoms with van der Waals surface area (Å²) in [6, 6.07) is -3.60. The fraction of sp³-hybridized carbons (Fsp3) is 0.744. The van der Waals surface area contributed by atoms with Gasteiger partial charge in [-0.3, -0.25) is 47.9 Å². The lowest BCUT2D eigenvalue weighted by atomic mass is 10.0. The summed E-state index contributed by atoms with van der Waals surface area (Å²) >= 11 is 0. The van der Waals surface area contributed by atoms with Crippen molar-refractivity contribution in [2.75, 3.05) is 73.2 Å². The second-order valence-electron chi connectivity index (χ2n) is 15.7. The second-order valence-corrected chi connectivity index (χ2v) is 15.7. The Bertz CT molecular complexity index is 1620. The number of carbonyl (C=O) groups is 10. The number of rotatable bonds is 23. The first-order valence-corrected chi connectivity index (χ1v) is 20.5. The van der Waals surface area contributed by atoms with Crippen molar-refractivity contribution in [1.82, 2.24) is 35.6 Å². The van der Waals surface area contributed by atoms with E-state index in [1.807, 2.05) is 0 Å². The number of hydrogen-bond acceptors (Lipinski definition) is 15. The standard InChI is InChI=1S/C39H61N7O15/c1-7-11-26(29(48)16-33(52)59-22-30(49)25(3)35(54)40-17-32(51)45-13-8-9-14-45)42-36(55)27(21-58-34(53)19-43(5)23-47)41-31(50)18-44(6)37(56)28-12-10-15-46(28)38(57)39(4)60-20-24(2)61-39/h23-29,48H,7-22H2,1-6H3,(H,40,54)(H,41,50)(H,42,55). The fourth-order valence-electron chi connectivity index (χ4n) is 6.95. The number of aliphatic hydroxyl groups excluding tert-OH is 1. The first-order valence-electron chi connectivity index (χ1n) is 20.5. The van der Waals surface area contributed by atoms with Crippen LogP contribution in [0.5, 0.6) is 0 Å². The number of nitrogens with one attached hydrogen (secondary N) is 3. The highest BCUT2D eigenvalue weighted by Gasteiger charge is 2.49. The predicted octanol–water partition coefficient (Wildman–Crippen LogP) is -2.77. The van der Waals surface area contributed by atoms with Crippen LogP contribution in [-0.4, -0.2) is 194 Å². The van der Waals surface area contributed by atoms with Gasteiger partial charge in [0, 0.05) is 33.7 Å². The van der Waals surface area contributed by atoms with E-state index in [0.717, 1.165) is 22.6 Å². The molecule has 7 unspecified atom stereocenters. The van der Waals surface area contributed by atoms with Crippen molar-refractivity contribution in [3.05, 3.63) is 0 Å². The van der Waals surface area contributed by atoms with Crippen molar-refractivity contribution < 1.29 is 72.0 Å². The molecule has 0 aromatic heterocycles. The van der Waals surface area contributed by atoms with Gasteiger partial charge in [0.2, 0.25) is 41.7 Å². The van der Waals surface area contributed by atoms with Crippen LogP contribution in [0, 0.1) is 5.92 Å². The maximum Gasteiger partial charge on any atom is 0.325 e. The smallest absolute Gasteiger partial charge is 0.325 e. The number of Topliss-reactive ketones (excluding diaryl/α,β-unsaturated/α-hetero) is 1. The van der Waals surface area contributed by atoms with Gasteiger partial charge in [-0.25, -0.2) is 0 Å². The van der Waals surface area contributed by atoms with E-state index in [-0.39, 0.29) is 38.1 Å². The molecular formula is C39H61N7O15. The van der Waals surface area contributed by atoms with Gasteiger partial charge in [0.1, 0.15) is 25.2 Å². The minimum Gasteiger partial charge on any atom is -0.462 e. The molecule has 3 fully saturated rings. The molecule has 3 heterocycles. The molecule has 0 saturated carbocycles. The fourth-order valence-corrected chi connectivity index (χ4v) is 6.95. The lowest BCUT2D eigenvalue weighted by molar-refractivity contribution is -0.192. The van der Waals surface area contributed by atoms with E-state index in [1.54, 1.807) is 18.7 Å². The van der Waals surface area contributed by atoms with E-state index in [4.69, 9.17) is 18.9 Å². The number of likely N-dealkylation sites (tertiary alicyclic amines) is 2. The molecule has 3 aliphatic heterocycles. The van der Waals surface area contributed by atoms with Gasteiger partial charge in [-0.2, -0.15) is 0 Å². The van der Waals surface area contributed by atoms with Gasteiger partial charge in [-0.15, -0.1) is 0 Å². The van der Waals surface area contributed by atoms with Crippen LogP contribution in [0.4, 0.5) is 0 Å². The number of esters is 2. The molecule has 0 radical (unpaired) electrons. The molecule has 7 amide bonds. The normalized spacial score (nSPS) is 21.6. The summed E-state index contributed by atoms with van der Waals surface area (Å²) in [6.45, 7) is 5.09. The van der Waals surface area contributed by atoms with Crippen molar-refractivity contribution in [1.29, 1.82) is 0 Å². The Morgan fingerprint density at radius 1 is 0.951 bits per heavy atom. The average molecular weight is 868 g/mol. The monoisotopic (exact) mass is 867 g/mol. The van der Waals surface area contributed by atoms with Gasteiger partial charge in [0.15, 0.2) is 12.4 Å².